The Balaban J connectivity index is 1.36. The summed E-state index contributed by atoms with van der Waals surface area (Å²) in [6.45, 7) is 5.11. The normalized spacial score (nSPS) is 29.0. The summed E-state index contributed by atoms with van der Waals surface area (Å²) in [6, 6.07) is 11.8. The Morgan fingerprint density at radius 3 is 2.80 bits per heavy atom. The SMILES string of the molecule is CC(C)c1ccc(N2C[C@@]34C=CC(O3)C(C(=O)NCc3cccnc3)C4C2=O)cc1. The van der Waals surface area contributed by atoms with Crippen LogP contribution in [0.3, 0.4) is 0 Å². The lowest BCUT2D eigenvalue weighted by Gasteiger charge is -2.23. The van der Waals surface area contributed by atoms with Gasteiger partial charge in [-0.05, 0) is 35.2 Å². The number of anilines is 1. The van der Waals surface area contributed by atoms with E-state index >= 15 is 0 Å². The molecule has 4 heterocycles. The second-order valence-corrected chi connectivity index (χ2v) is 8.65. The van der Waals surface area contributed by atoms with E-state index in [9.17, 15) is 9.59 Å². The van der Waals surface area contributed by atoms with Gasteiger partial charge in [0.15, 0.2) is 0 Å². The second kappa shape index (κ2) is 7.06. The summed E-state index contributed by atoms with van der Waals surface area (Å²) in [7, 11) is 0. The molecule has 3 aliphatic rings. The van der Waals surface area contributed by atoms with Gasteiger partial charge in [-0.2, -0.15) is 0 Å². The molecule has 6 nitrogen and oxygen atoms in total. The lowest BCUT2D eigenvalue weighted by Crippen LogP contribution is -2.44. The predicted molar refractivity (Wildman–Crippen MR) is 113 cm³/mol. The van der Waals surface area contributed by atoms with E-state index in [1.807, 2.05) is 36.4 Å². The fraction of sp³-hybridized carbons (Fsp3) is 0.375. The van der Waals surface area contributed by atoms with Gasteiger partial charge in [-0.1, -0.05) is 44.2 Å². The van der Waals surface area contributed by atoms with Crippen LogP contribution in [0.15, 0.2) is 60.9 Å². The number of fused-ring (bicyclic) bond motifs is 1. The molecule has 2 amide bonds. The monoisotopic (exact) mass is 403 g/mol. The third-order valence-electron chi connectivity index (χ3n) is 6.46. The topological polar surface area (TPSA) is 71.5 Å². The van der Waals surface area contributed by atoms with Gasteiger partial charge >= 0.3 is 0 Å². The van der Waals surface area contributed by atoms with Gasteiger partial charge in [-0.3, -0.25) is 14.6 Å². The van der Waals surface area contributed by atoms with Crippen LogP contribution in [0.2, 0.25) is 0 Å². The highest BCUT2D eigenvalue weighted by Crippen LogP contribution is 2.52. The van der Waals surface area contributed by atoms with Crippen LogP contribution in [0.1, 0.15) is 30.9 Å². The van der Waals surface area contributed by atoms with Crippen molar-refractivity contribution in [2.75, 3.05) is 11.4 Å². The van der Waals surface area contributed by atoms with Gasteiger partial charge in [0.2, 0.25) is 11.8 Å². The third-order valence-corrected chi connectivity index (χ3v) is 6.46. The number of nitrogens with one attached hydrogen (secondary N) is 1. The average Bonchev–Trinajstić information content (AvgIpc) is 3.41. The molecule has 1 N–H and O–H groups in total. The van der Waals surface area contributed by atoms with Crippen LogP contribution >= 0.6 is 0 Å². The minimum absolute atomic E-state index is 0.0410. The number of rotatable bonds is 5. The van der Waals surface area contributed by atoms with Crippen molar-refractivity contribution in [3.8, 4) is 0 Å². The lowest BCUT2D eigenvalue weighted by atomic mass is 9.77. The van der Waals surface area contributed by atoms with Gasteiger partial charge in [-0.15, -0.1) is 0 Å². The van der Waals surface area contributed by atoms with E-state index in [0.29, 0.717) is 19.0 Å². The quantitative estimate of drug-likeness (QED) is 0.780. The predicted octanol–water partition coefficient (Wildman–Crippen LogP) is 2.81. The van der Waals surface area contributed by atoms with Crippen LogP contribution in [0.25, 0.3) is 0 Å². The zero-order valence-corrected chi connectivity index (χ0v) is 17.1. The lowest BCUT2D eigenvalue weighted by molar-refractivity contribution is -0.132. The average molecular weight is 403 g/mol. The number of carbonyl (C=O) groups is 2. The molecule has 1 spiro atoms. The number of benzene rings is 1. The number of nitrogens with zero attached hydrogens (tertiary/aromatic N) is 2. The number of pyridine rings is 1. The highest BCUT2D eigenvalue weighted by molar-refractivity contribution is 6.03. The second-order valence-electron chi connectivity index (χ2n) is 8.65. The van der Waals surface area contributed by atoms with E-state index in [-0.39, 0.29) is 17.9 Å². The summed E-state index contributed by atoms with van der Waals surface area (Å²) in [4.78, 5) is 32.3. The maximum absolute atomic E-state index is 13.4. The Hall–Kier alpha value is -2.99. The van der Waals surface area contributed by atoms with Gasteiger partial charge in [0.25, 0.3) is 0 Å². The van der Waals surface area contributed by atoms with Crippen molar-refractivity contribution in [1.82, 2.24) is 10.3 Å². The molecule has 6 heteroatoms. The van der Waals surface area contributed by atoms with Gasteiger partial charge in [0.1, 0.15) is 5.60 Å². The highest BCUT2D eigenvalue weighted by atomic mass is 16.5. The molecule has 30 heavy (non-hydrogen) atoms. The molecule has 3 aliphatic heterocycles. The van der Waals surface area contributed by atoms with Crippen molar-refractivity contribution in [2.24, 2.45) is 11.8 Å². The summed E-state index contributed by atoms with van der Waals surface area (Å²) < 4.78 is 6.21. The zero-order chi connectivity index (χ0) is 20.9. The minimum Gasteiger partial charge on any atom is -0.360 e. The summed E-state index contributed by atoms with van der Waals surface area (Å²) >= 11 is 0. The molecule has 0 aliphatic carbocycles. The Bertz CT molecular complexity index is 1000. The fourth-order valence-corrected chi connectivity index (χ4v) is 4.87. The van der Waals surface area contributed by atoms with Crippen LogP contribution < -0.4 is 10.2 Å². The molecular formula is C24H25N3O3. The van der Waals surface area contributed by atoms with Gasteiger partial charge in [-0.25, -0.2) is 0 Å². The minimum atomic E-state index is -0.714. The van der Waals surface area contributed by atoms with Crippen LogP contribution in [0, 0.1) is 11.8 Å². The number of hydrogen-bond acceptors (Lipinski definition) is 4. The molecule has 4 atom stereocenters. The van der Waals surface area contributed by atoms with Gasteiger partial charge < -0.3 is 15.0 Å². The molecule has 2 saturated heterocycles. The third kappa shape index (κ3) is 2.94. The standard InChI is InChI=1S/C24H25N3O3/c1-15(2)17-5-7-18(8-6-17)27-14-24-10-9-19(30-24)20(21(24)23(27)29)22(28)26-13-16-4-3-11-25-12-16/h3-12,15,19-21H,13-14H2,1-2H3,(H,26,28)/t19?,20?,21?,24-/m1/s1. The van der Waals surface area contributed by atoms with Crippen molar-refractivity contribution < 1.29 is 14.3 Å². The molecule has 2 bridgehead atoms. The maximum Gasteiger partial charge on any atom is 0.234 e. The number of amides is 2. The van der Waals surface area contributed by atoms with Crippen LogP contribution in [0.5, 0.6) is 0 Å². The molecule has 3 unspecified atom stereocenters. The fourth-order valence-electron chi connectivity index (χ4n) is 4.87. The van der Waals surface area contributed by atoms with Crippen molar-refractivity contribution in [3.63, 3.8) is 0 Å². The number of hydrogen-bond donors (Lipinski definition) is 1. The summed E-state index contributed by atoms with van der Waals surface area (Å²) in [5.74, 6) is -0.766. The Kier molecular flexibility index (Phi) is 4.47. The summed E-state index contributed by atoms with van der Waals surface area (Å²) in [5.41, 5.74) is 2.29. The summed E-state index contributed by atoms with van der Waals surface area (Å²) in [5, 5.41) is 2.97. The Morgan fingerprint density at radius 1 is 1.30 bits per heavy atom. The van der Waals surface area contributed by atoms with Crippen LogP contribution in [0.4, 0.5) is 5.69 Å². The van der Waals surface area contributed by atoms with Crippen molar-refractivity contribution in [2.45, 2.75) is 38.0 Å². The van der Waals surface area contributed by atoms with E-state index in [1.165, 1.54) is 5.56 Å². The van der Waals surface area contributed by atoms with Crippen LogP contribution in [-0.4, -0.2) is 35.0 Å². The van der Waals surface area contributed by atoms with Crippen molar-refractivity contribution >= 4 is 17.5 Å². The molecule has 0 radical (unpaired) electrons. The van der Waals surface area contributed by atoms with Gasteiger partial charge in [0.05, 0.1) is 24.5 Å². The first kappa shape index (κ1) is 19.0. The van der Waals surface area contributed by atoms with E-state index in [1.54, 1.807) is 17.3 Å². The molecule has 1 aromatic heterocycles. The Morgan fingerprint density at radius 2 is 2.10 bits per heavy atom. The molecule has 5 rings (SSSR count). The smallest absolute Gasteiger partial charge is 0.234 e. The molecule has 2 fully saturated rings. The molecule has 2 aromatic rings. The van der Waals surface area contributed by atoms with Crippen LogP contribution in [-0.2, 0) is 20.9 Å². The molecule has 0 saturated carbocycles. The zero-order valence-electron chi connectivity index (χ0n) is 17.1. The number of ether oxygens (including phenoxy) is 1. The molecule has 154 valence electrons. The first-order valence-electron chi connectivity index (χ1n) is 10.4. The Labute approximate surface area is 175 Å². The number of aromatic nitrogens is 1. The largest absolute Gasteiger partial charge is 0.360 e. The van der Waals surface area contributed by atoms with E-state index in [4.69, 9.17) is 4.74 Å². The van der Waals surface area contributed by atoms with Crippen molar-refractivity contribution in [1.29, 1.82) is 0 Å². The summed E-state index contributed by atoms with van der Waals surface area (Å²) in [6.07, 6.45) is 6.99. The van der Waals surface area contributed by atoms with E-state index in [2.05, 4.69) is 36.3 Å². The first-order valence-corrected chi connectivity index (χ1v) is 10.4. The maximum atomic E-state index is 13.4. The van der Waals surface area contributed by atoms with E-state index < -0.39 is 17.4 Å². The highest BCUT2D eigenvalue weighted by Gasteiger charge is 2.67. The first-order chi connectivity index (χ1) is 14.5. The van der Waals surface area contributed by atoms with Gasteiger partial charge in [0, 0.05) is 24.6 Å². The number of carbonyl (C=O) groups excluding carboxylic acids is 2. The molecular weight excluding hydrogens is 378 g/mol. The van der Waals surface area contributed by atoms with E-state index in [0.717, 1.165) is 11.3 Å². The van der Waals surface area contributed by atoms with Crippen molar-refractivity contribution in [3.05, 3.63) is 72.1 Å². The molecule has 1 aromatic carbocycles.